The Bertz CT molecular complexity index is 298. The molecular weight excluding hydrogens is 227 g/mol. The fraction of sp³-hybridized carbons (Fsp3) is 0.333. The van der Waals surface area contributed by atoms with E-state index in [0.717, 1.165) is 0 Å². The molecule has 1 rings (SSSR count). The summed E-state index contributed by atoms with van der Waals surface area (Å²) >= 11 is 0. The van der Waals surface area contributed by atoms with Gasteiger partial charge in [-0.15, -0.1) is 0 Å². The van der Waals surface area contributed by atoms with Gasteiger partial charge in [0.25, 0.3) is 0 Å². The Morgan fingerprint density at radius 2 is 1.50 bits per heavy atom. The first-order chi connectivity index (χ1) is 7.68. The number of benzene rings is 1. The van der Waals surface area contributed by atoms with Gasteiger partial charge in [0.1, 0.15) is 5.75 Å². The summed E-state index contributed by atoms with van der Waals surface area (Å²) < 4.78 is 20.6. The summed E-state index contributed by atoms with van der Waals surface area (Å²) in [4.78, 5) is 0. The molecule has 1 aromatic rings. The zero-order valence-corrected chi connectivity index (χ0v) is 10.5. The van der Waals surface area contributed by atoms with Gasteiger partial charge in [-0.05, 0) is 12.1 Å². The van der Waals surface area contributed by atoms with Gasteiger partial charge in [-0.2, -0.15) is 0 Å². The zero-order valence-electron chi connectivity index (χ0n) is 9.54. The Labute approximate surface area is 96.4 Å². The van der Waals surface area contributed by atoms with E-state index in [9.17, 15) is 5.02 Å². The maximum Gasteiger partial charge on any atom is 0.603 e. The molecule has 0 aliphatic heterocycles. The second-order valence-corrected chi connectivity index (χ2v) is 5.92. The van der Waals surface area contributed by atoms with Crippen molar-refractivity contribution >= 4 is 15.4 Å². The monoisotopic (exact) mass is 242 g/mol. The first-order valence-electron chi connectivity index (χ1n) is 4.73. The van der Waals surface area contributed by atoms with Crippen LogP contribution in [-0.2, 0) is 13.3 Å². The van der Waals surface area contributed by atoms with Crippen molar-refractivity contribution in [2.75, 3.05) is 21.3 Å². The summed E-state index contributed by atoms with van der Waals surface area (Å²) in [6.07, 6.45) is 0. The maximum atomic E-state index is 9.88. The van der Waals surface area contributed by atoms with Gasteiger partial charge in [0.15, 0.2) is 0 Å². The molecule has 16 heavy (non-hydrogen) atoms. The van der Waals surface area contributed by atoms with Crippen LogP contribution in [0.2, 0.25) is 0 Å². The number of hydrogen-bond donors (Lipinski definition) is 1. The van der Waals surface area contributed by atoms with Crippen LogP contribution in [0, 0.1) is 0 Å². The topological polar surface area (TPSA) is 57.2 Å². The van der Waals surface area contributed by atoms with Crippen LogP contribution in [0.15, 0.2) is 30.3 Å². The predicted octanol–water partition coefficient (Wildman–Crippen LogP) is 0.502. The second kappa shape index (κ2) is 6.02. The highest BCUT2D eigenvalue weighted by Gasteiger charge is 2.56. The summed E-state index contributed by atoms with van der Waals surface area (Å²) in [5, 5.41) is 9.88. The smallest absolute Gasteiger partial charge is 0.534 e. The molecule has 0 aliphatic carbocycles. The number of para-hydroxylation sites is 1. The molecule has 0 saturated carbocycles. The maximum absolute atomic E-state index is 9.88. The molecule has 88 valence electrons. The molecule has 0 radical (unpaired) electrons. The molecule has 7 heteroatoms. The predicted molar refractivity (Wildman–Crippen MR) is 61.8 cm³/mol. The molecule has 0 spiro atoms. The lowest BCUT2D eigenvalue weighted by atomic mass is 10.3. The van der Waals surface area contributed by atoms with Crippen molar-refractivity contribution < 1.29 is 23.0 Å². The molecule has 1 aromatic carbocycles. The molecule has 0 heterocycles. The van der Waals surface area contributed by atoms with E-state index in [1.54, 1.807) is 24.3 Å². The molecule has 1 N–H and O–H groups in total. The molecular formula is C9H15BO5Si. The van der Waals surface area contributed by atoms with E-state index in [-0.39, 0.29) is 0 Å². The van der Waals surface area contributed by atoms with E-state index in [2.05, 4.69) is 0 Å². The average molecular weight is 242 g/mol. The van der Waals surface area contributed by atoms with E-state index >= 15 is 0 Å². The van der Waals surface area contributed by atoms with Gasteiger partial charge in [-0.25, -0.2) is 0 Å². The first-order valence-corrected chi connectivity index (χ1v) is 6.54. The van der Waals surface area contributed by atoms with Crippen LogP contribution in [0.3, 0.4) is 0 Å². The van der Waals surface area contributed by atoms with Crippen LogP contribution in [-0.4, -0.2) is 41.7 Å². The largest absolute Gasteiger partial charge is 0.603 e. The molecule has 0 saturated heterocycles. The van der Waals surface area contributed by atoms with Crippen LogP contribution in [0.5, 0.6) is 5.75 Å². The number of hydrogen-bond acceptors (Lipinski definition) is 5. The molecule has 0 amide bonds. The lowest BCUT2D eigenvalue weighted by Gasteiger charge is -2.25. The first kappa shape index (κ1) is 13.2. The van der Waals surface area contributed by atoms with E-state index in [0.29, 0.717) is 5.75 Å². The normalized spacial score (nSPS) is 11.2. The van der Waals surface area contributed by atoms with Gasteiger partial charge < -0.3 is 23.0 Å². The Balaban J connectivity index is 2.73. The Morgan fingerprint density at radius 3 is 1.94 bits per heavy atom. The van der Waals surface area contributed by atoms with Crippen molar-refractivity contribution in [3.8, 4) is 5.75 Å². The summed E-state index contributed by atoms with van der Waals surface area (Å²) in [5.74, 6) is 0.526. The third-order valence-electron chi connectivity index (χ3n) is 2.15. The third kappa shape index (κ3) is 2.83. The van der Waals surface area contributed by atoms with E-state index in [1.165, 1.54) is 21.3 Å². The van der Waals surface area contributed by atoms with Crippen molar-refractivity contribution in [2.24, 2.45) is 0 Å². The van der Waals surface area contributed by atoms with Crippen molar-refractivity contribution in [1.29, 1.82) is 0 Å². The van der Waals surface area contributed by atoms with Gasteiger partial charge in [-0.3, -0.25) is 0 Å². The minimum absolute atomic E-state index is 0.526. The lowest BCUT2D eigenvalue weighted by molar-refractivity contribution is 0.134. The summed E-state index contributed by atoms with van der Waals surface area (Å²) in [6.45, 7) is -1.25. The highest BCUT2D eigenvalue weighted by atomic mass is 28.4. The molecule has 0 aromatic heterocycles. The minimum Gasteiger partial charge on any atom is -0.534 e. The molecule has 0 unspecified atom stereocenters. The molecule has 0 bridgehead atoms. The van der Waals surface area contributed by atoms with E-state index in [1.807, 2.05) is 6.07 Å². The van der Waals surface area contributed by atoms with Crippen LogP contribution < -0.4 is 4.65 Å². The van der Waals surface area contributed by atoms with E-state index in [4.69, 9.17) is 17.9 Å². The van der Waals surface area contributed by atoms with Gasteiger partial charge in [0.05, 0.1) is 0 Å². The zero-order chi connectivity index (χ0) is 12.0. The molecule has 0 fully saturated rings. The van der Waals surface area contributed by atoms with Gasteiger partial charge >= 0.3 is 15.4 Å². The Kier molecular flexibility index (Phi) is 4.97. The van der Waals surface area contributed by atoms with Crippen LogP contribution in [0.4, 0.5) is 0 Å². The highest BCUT2D eigenvalue weighted by molar-refractivity contribution is 7.18. The van der Waals surface area contributed by atoms with Crippen LogP contribution in [0.25, 0.3) is 0 Å². The fourth-order valence-electron chi connectivity index (χ4n) is 1.25. The van der Waals surface area contributed by atoms with E-state index < -0.39 is 15.4 Å². The van der Waals surface area contributed by atoms with Gasteiger partial charge in [0.2, 0.25) is 0 Å². The highest BCUT2D eigenvalue weighted by Crippen LogP contribution is 2.15. The number of rotatable bonds is 6. The van der Waals surface area contributed by atoms with Gasteiger partial charge in [-0.1, -0.05) is 18.2 Å². The quantitative estimate of drug-likeness (QED) is 0.736. The summed E-state index contributed by atoms with van der Waals surface area (Å²) in [5.41, 5.74) is 0. The fourth-order valence-corrected chi connectivity index (χ4v) is 2.64. The standard InChI is InChI=1S/C9H15BO5Si/c1-12-16(13-2,14-3)10(11)15-9-7-5-4-6-8-9/h4-8,11H,1-3H3. The Hall–Kier alpha value is -0.858. The molecule has 5 nitrogen and oxygen atoms in total. The van der Waals surface area contributed by atoms with Crippen molar-refractivity contribution in [2.45, 2.75) is 0 Å². The average Bonchev–Trinajstić information content (AvgIpc) is 2.33. The molecule has 0 atom stereocenters. The van der Waals surface area contributed by atoms with Crippen molar-refractivity contribution in [1.82, 2.24) is 0 Å². The van der Waals surface area contributed by atoms with Crippen LogP contribution in [0.1, 0.15) is 0 Å². The lowest BCUT2D eigenvalue weighted by Crippen LogP contribution is -2.60. The Morgan fingerprint density at radius 1 is 1.00 bits per heavy atom. The van der Waals surface area contributed by atoms with Crippen LogP contribution >= 0.6 is 0 Å². The van der Waals surface area contributed by atoms with Crippen molar-refractivity contribution in [3.05, 3.63) is 30.3 Å². The second-order valence-electron chi connectivity index (χ2n) is 3.00. The summed E-state index contributed by atoms with van der Waals surface area (Å²) in [7, 11) is 1.07. The van der Waals surface area contributed by atoms with Crippen molar-refractivity contribution in [3.63, 3.8) is 0 Å². The molecule has 0 aliphatic rings. The SMILES string of the molecule is CO[Si](OC)(OC)B(O)Oc1ccccc1. The third-order valence-corrected chi connectivity index (χ3v) is 4.58. The summed E-state index contributed by atoms with van der Waals surface area (Å²) in [6, 6.07) is 8.91. The minimum atomic E-state index is -3.17. The van der Waals surface area contributed by atoms with Gasteiger partial charge in [0, 0.05) is 21.3 Å².